The van der Waals surface area contributed by atoms with E-state index < -0.39 is 0 Å². The van der Waals surface area contributed by atoms with Gasteiger partial charge in [-0.2, -0.15) is 0 Å². The molecule has 6 heteroatoms. The summed E-state index contributed by atoms with van der Waals surface area (Å²) in [7, 11) is 0. The lowest BCUT2D eigenvalue weighted by molar-refractivity contribution is -0.118. The lowest BCUT2D eigenvalue weighted by atomic mass is 10.1. The molecule has 1 amide bonds. The van der Waals surface area contributed by atoms with Crippen molar-refractivity contribution in [3.05, 3.63) is 78.9 Å². The first-order chi connectivity index (χ1) is 16.7. The average Bonchev–Trinajstić information content (AvgIpc) is 3.18. The Morgan fingerprint density at radius 1 is 0.824 bits per heavy atom. The molecule has 0 atom stereocenters. The van der Waals surface area contributed by atoms with Crippen molar-refractivity contribution in [2.45, 2.75) is 25.7 Å². The van der Waals surface area contributed by atoms with Crippen LogP contribution in [-0.2, 0) is 4.79 Å². The van der Waals surface area contributed by atoms with E-state index in [0.29, 0.717) is 11.4 Å². The van der Waals surface area contributed by atoms with Crippen LogP contribution in [0.2, 0.25) is 0 Å². The summed E-state index contributed by atoms with van der Waals surface area (Å²) in [5.41, 5.74) is 2.49. The van der Waals surface area contributed by atoms with Gasteiger partial charge in [-0.15, -0.1) is 10.2 Å². The van der Waals surface area contributed by atoms with E-state index in [1.54, 1.807) is 0 Å². The van der Waals surface area contributed by atoms with Crippen LogP contribution in [0.5, 0.6) is 5.75 Å². The lowest BCUT2D eigenvalue weighted by Crippen LogP contribution is -2.25. The third-order valence-electron chi connectivity index (χ3n) is 6.14. The number of carbonyl (C=O) groups excluding carboxylic acids is 1. The maximum Gasteiger partial charge on any atom is 0.262 e. The first kappa shape index (κ1) is 21.9. The highest BCUT2D eigenvalue weighted by Gasteiger charge is 2.12. The van der Waals surface area contributed by atoms with Gasteiger partial charge in [0, 0.05) is 24.3 Å². The van der Waals surface area contributed by atoms with Crippen LogP contribution in [0.4, 0.5) is 11.5 Å². The van der Waals surface area contributed by atoms with E-state index in [1.165, 1.54) is 25.7 Å². The molecule has 1 aliphatic rings. The van der Waals surface area contributed by atoms with Crippen LogP contribution in [0.1, 0.15) is 25.7 Å². The summed E-state index contributed by atoms with van der Waals surface area (Å²) in [6, 6.07) is 25.5. The molecule has 1 fully saturated rings. The first-order valence-electron chi connectivity index (χ1n) is 11.9. The lowest BCUT2D eigenvalue weighted by Gasteiger charge is -2.20. The molecule has 0 saturated carbocycles. The molecule has 1 aromatic heterocycles. The smallest absolute Gasteiger partial charge is 0.262 e. The molecule has 1 N–H and O–H groups in total. The molecule has 0 bridgehead atoms. The Morgan fingerprint density at radius 3 is 2.32 bits per heavy atom. The van der Waals surface area contributed by atoms with Crippen molar-refractivity contribution in [3.8, 4) is 17.0 Å². The van der Waals surface area contributed by atoms with Gasteiger partial charge in [-0.05, 0) is 60.0 Å². The number of rotatable bonds is 6. The topological polar surface area (TPSA) is 67.3 Å². The largest absolute Gasteiger partial charge is 0.484 e. The molecule has 1 aliphatic heterocycles. The molecule has 5 rings (SSSR count). The summed E-state index contributed by atoms with van der Waals surface area (Å²) < 4.78 is 5.68. The molecule has 0 spiro atoms. The van der Waals surface area contributed by atoms with Crippen LogP contribution in [0, 0.1) is 0 Å². The Labute approximate surface area is 199 Å². The number of carbonyl (C=O) groups is 1. The van der Waals surface area contributed by atoms with Gasteiger partial charge in [-0.25, -0.2) is 0 Å². The fourth-order valence-electron chi connectivity index (χ4n) is 4.28. The Kier molecular flexibility index (Phi) is 6.66. The molecule has 1 saturated heterocycles. The van der Waals surface area contributed by atoms with Crippen molar-refractivity contribution in [1.82, 2.24) is 10.2 Å². The number of aromatic nitrogens is 2. The highest BCUT2D eigenvalue weighted by Crippen LogP contribution is 2.23. The van der Waals surface area contributed by atoms with Gasteiger partial charge in [0.1, 0.15) is 5.75 Å². The Balaban J connectivity index is 1.16. The van der Waals surface area contributed by atoms with E-state index in [1.807, 2.05) is 78.9 Å². The van der Waals surface area contributed by atoms with Crippen molar-refractivity contribution < 1.29 is 9.53 Å². The van der Waals surface area contributed by atoms with Gasteiger partial charge in [0.25, 0.3) is 5.91 Å². The molecule has 172 valence electrons. The summed E-state index contributed by atoms with van der Waals surface area (Å²) in [6.07, 6.45) is 5.01. The second-order valence-electron chi connectivity index (χ2n) is 8.60. The number of benzene rings is 3. The normalized spacial score (nSPS) is 13.9. The van der Waals surface area contributed by atoms with Gasteiger partial charge in [0.2, 0.25) is 0 Å². The molecule has 2 heterocycles. The van der Waals surface area contributed by atoms with Crippen molar-refractivity contribution in [1.29, 1.82) is 0 Å². The monoisotopic (exact) mass is 452 g/mol. The van der Waals surface area contributed by atoms with Crippen molar-refractivity contribution in [2.24, 2.45) is 0 Å². The summed E-state index contributed by atoms with van der Waals surface area (Å²) >= 11 is 0. The minimum Gasteiger partial charge on any atom is -0.484 e. The first-order valence-corrected chi connectivity index (χ1v) is 11.9. The zero-order valence-corrected chi connectivity index (χ0v) is 19.1. The molecule has 4 aromatic rings. The minimum atomic E-state index is -0.206. The molecular weight excluding hydrogens is 424 g/mol. The summed E-state index contributed by atoms with van der Waals surface area (Å²) in [5.74, 6) is 1.41. The van der Waals surface area contributed by atoms with Crippen LogP contribution < -0.4 is 15.0 Å². The summed E-state index contributed by atoms with van der Waals surface area (Å²) in [5, 5.41) is 14.0. The number of ether oxygens (including phenoxy) is 1. The highest BCUT2D eigenvalue weighted by molar-refractivity contribution is 5.92. The zero-order valence-electron chi connectivity index (χ0n) is 19.1. The predicted octanol–water partition coefficient (Wildman–Crippen LogP) is 5.69. The molecular formula is C28H28N4O2. The fraction of sp³-hybridized carbons (Fsp3) is 0.250. The second kappa shape index (κ2) is 10.3. The van der Waals surface area contributed by atoms with Crippen LogP contribution in [0.15, 0.2) is 78.9 Å². The van der Waals surface area contributed by atoms with Gasteiger partial charge in [0.15, 0.2) is 12.4 Å². The average molecular weight is 453 g/mol. The van der Waals surface area contributed by atoms with Gasteiger partial charge in [-0.3, -0.25) is 4.79 Å². The van der Waals surface area contributed by atoms with Gasteiger partial charge >= 0.3 is 0 Å². The zero-order chi connectivity index (χ0) is 23.2. The van der Waals surface area contributed by atoms with Crippen molar-refractivity contribution in [2.75, 3.05) is 29.9 Å². The minimum absolute atomic E-state index is 0.0521. The predicted molar refractivity (Wildman–Crippen MR) is 136 cm³/mol. The molecule has 3 aromatic carbocycles. The Hall–Kier alpha value is -3.93. The number of amides is 1. The van der Waals surface area contributed by atoms with Crippen LogP contribution in [0.3, 0.4) is 0 Å². The third-order valence-corrected chi connectivity index (χ3v) is 6.14. The fourth-order valence-corrected chi connectivity index (χ4v) is 4.28. The van der Waals surface area contributed by atoms with Crippen LogP contribution in [0.25, 0.3) is 22.0 Å². The number of hydrogen-bond acceptors (Lipinski definition) is 5. The Bertz CT molecular complexity index is 1250. The number of nitrogens with zero attached hydrogens (tertiary/aromatic N) is 3. The van der Waals surface area contributed by atoms with Crippen LogP contribution in [-0.4, -0.2) is 35.8 Å². The Morgan fingerprint density at radius 2 is 1.59 bits per heavy atom. The van der Waals surface area contributed by atoms with Gasteiger partial charge < -0.3 is 15.0 Å². The van der Waals surface area contributed by atoms with E-state index in [4.69, 9.17) is 4.74 Å². The SMILES string of the molecule is O=C(COc1ccc2ccccc2c1)Nc1ccc(-c2ccc(N3CCCCCC3)nn2)cc1. The maximum atomic E-state index is 12.4. The second-order valence-corrected chi connectivity index (χ2v) is 8.60. The molecule has 0 radical (unpaired) electrons. The number of fused-ring (bicyclic) bond motifs is 1. The van der Waals surface area contributed by atoms with E-state index in [0.717, 1.165) is 40.9 Å². The quantitative estimate of drug-likeness (QED) is 0.407. The van der Waals surface area contributed by atoms with E-state index >= 15 is 0 Å². The van der Waals surface area contributed by atoms with E-state index in [2.05, 4.69) is 20.4 Å². The molecule has 0 unspecified atom stereocenters. The van der Waals surface area contributed by atoms with E-state index in [-0.39, 0.29) is 12.5 Å². The molecule has 0 aliphatic carbocycles. The summed E-state index contributed by atoms with van der Waals surface area (Å²) in [4.78, 5) is 14.7. The standard InChI is InChI=1S/C28H28N4O2/c33-28(20-34-25-14-11-21-7-3-4-8-23(21)19-25)29-24-12-9-22(10-13-24)26-15-16-27(31-30-26)32-17-5-1-2-6-18-32/h3-4,7-16,19H,1-2,5-6,17-18,20H2,(H,29,33). The van der Waals surface area contributed by atoms with Crippen LogP contribution >= 0.6 is 0 Å². The van der Waals surface area contributed by atoms with Gasteiger partial charge in [0.05, 0.1) is 5.69 Å². The number of nitrogens with one attached hydrogen (secondary N) is 1. The maximum absolute atomic E-state index is 12.4. The van der Waals surface area contributed by atoms with E-state index in [9.17, 15) is 4.79 Å². The van der Waals surface area contributed by atoms with Crippen molar-refractivity contribution in [3.63, 3.8) is 0 Å². The van der Waals surface area contributed by atoms with Crippen molar-refractivity contribution >= 4 is 28.2 Å². The number of anilines is 2. The molecule has 34 heavy (non-hydrogen) atoms. The van der Waals surface area contributed by atoms with Gasteiger partial charge in [-0.1, -0.05) is 55.3 Å². The molecule has 6 nitrogen and oxygen atoms in total. The highest BCUT2D eigenvalue weighted by atomic mass is 16.5. The third kappa shape index (κ3) is 5.34. The number of hydrogen-bond donors (Lipinski definition) is 1. The summed E-state index contributed by atoms with van der Waals surface area (Å²) in [6.45, 7) is 2.05.